The van der Waals surface area contributed by atoms with Crippen LogP contribution in [0, 0.1) is 0 Å². The number of hydrogen-bond acceptors (Lipinski definition) is 6. The van der Waals surface area contributed by atoms with E-state index in [0.717, 1.165) is 66.2 Å². The second-order valence-corrected chi connectivity index (χ2v) is 10.8. The van der Waals surface area contributed by atoms with Crippen LogP contribution >= 0.6 is 34.5 Å². The molecule has 3 heterocycles. The first-order chi connectivity index (χ1) is 17.9. The zero-order valence-electron chi connectivity index (χ0n) is 20.4. The Bertz CT molecular complexity index is 1410. The summed E-state index contributed by atoms with van der Waals surface area (Å²) in [6, 6.07) is 11.4. The monoisotopic (exact) mass is 558 g/mol. The molecule has 1 aliphatic rings. The highest BCUT2D eigenvalue weighted by Crippen LogP contribution is 2.33. The number of aryl methyl sites for hydroxylation is 1. The molecule has 1 aliphatic heterocycles. The van der Waals surface area contributed by atoms with E-state index in [1.54, 1.807) is 29.5 Å². The van der Waals surface area contributed by atoms with Crippen molar-refractivity contribution in [3.63, 3.8) is 0 Å². The zero-order chi connectivity index (χ0) is 25.9. The molecule has 37 heavy (non-hydrogen) atoms. The molecule has 194 valence electrons. The van der Waals surface area contributed by atoms with Gasteiger partial charge in [0, 0.05) is 54.3 Å². The number of nitrogens with zero attached hydrogens (tertiary/aromatic N) is 3. The molecule has 10 heteroatoms. The lowest BCUT2D eigenvalue weighted by atomic mass is 10.1. The zero-order valence-corrected chi connectivity index (χ0v) is 22.7. The van der Waals surface area contributed by atoms with Crippen molar-refractivity contribution in [3.05, 3.63) is 69.3 Å². The normalized spacial score (nSPS) is 14.8. The van der Waals surface area contributed by atoms with Crippen LogP contribution in [0.25, 0.3) is 21.5 Å². The van der Waals surface area contributed by atoms with Crippen molar-refractivity contribution in [1.29, 1.82) is 0 Å². The topological polar surface area (TPSA) is 79.6 Å². The number of aliphatic hydroxyl groups excluding tert-OH is 1. The Kier molecular flexibility index (Phi) is 8.02. The number of piperidine rings is 1. The van der Waals surface area contributed by atoms with E-state index >= 15 is 0 Å². The van der Waals surface area contributed by atoms with Gasteiger partial charge in [-0.3, -0.25) is 10.2 Å². The van der Waals surface area contributed by atoms with Crippen LogP contribution < -0.4 is 5.32 Å². The van der Waals surface area contributed by atoms with Crippen LogP contribution in [0.2, 0.25) is 10.0 Å². The molecule has 1 saturated heterocycles. The average Bonchev–Trinajstić information content (AvgIpc) is 3.50. The minimum absolute atomic E-state index is 0.0146. The minimum Gasteiger partial charge on any atom is -0.444 e. The molecule has 0 spiro atoms. The maximum Gasteiger partial charge on any atom is 0.412 e. The number of carbonyl (C=O) groups is 1. The summed E-state index contributed by atoms with van der Waals surface area (Å²) in [7, 11) is 0. The molecule has 7 nitrogen and oxygen atoms in total. The lowest BCUT2D eigenvalue weighted by Crippen LogP contribution is -2.35. The molecule has 0 atom stereocenters. The van der Waals surface area contributed by atoms with Crippen LogP contribution in [0.4, 0.5) is 10.5 Å². The van der Waals surface area contributed by atoms with Crippen molar-refractivity contribution in [1.82, 2.24) is 14.5 Å². The van der Waals surface area contributed by atoms with Crippen LogP contribution in [0.5, 0.6) is 0 Å². The average molecular weight is 560 g/mol. The minimum atomic E-state index is -0.570. The first-order valence-corrected chi connectivity index (χ1v) is 13.9. The van der Waals surface area contributed by atoms with Gasteiger partial charge < -0.3 is 14.4 Å². The molecule has 0 bridgehead atoms. The number of ether oxygens (including phenoxy) is 1. The molecular formula is C27H28Cl2N4O3S. The van der Waals surface area contributed by atoms with E-state index in [2.05, 4.69) is 45.3 Å². The number of carbonyl (C=O) groups excluding carboxylic acids is 1. The van der Waals surface area contributed by atoms with Gasteiger partial charge in [0.15, 0.2) is 0 Å². The molecule has 0 unspecified atom stereocenters. The van der Waals surface area contributed by atoms with Crippen LogP contribution in [0.1, 0.15) is 31.0 Å². The predicted octanol–water partition coefficient (Wildman–Crippen LogP) is 6.80. The number of likely N-dealkylation sites (tertiary alicyclic amines) is 1. The van der Waals surface area contributed by atoms with Crippen molar-refractivity contribution in [2.24, 2.45) is 0 Å². The van der Waals surface area contributed by atoms with Crippen LogP contribution in [0.15, 0.2) is 48.0 Å². The van der Waals surface area contributed by atoms with Gasteiger partial charge >= 0.3 is 6.09 Å². The third-order valence-corrected chi connectivity index (χ3v) is 8.39. The van der Waals surface area contributed by atoms with Crippen LogP contribution in [0.3, 0.4) is 0 Å². The van der Waals surface area contributed by atoms with E-state index in [-0.39, 0.29) is 12.7 Å². The number of nitrogens with one attached hydrogen (secondary N) is 1. The summed E-state index contributed by atoms with van der Waals surface area (Å²) < 4.78 is 7.51. The van der Waals surface area contributed by atoms with Crippen molar-refractivity contribution in [2.45, 2.75) is 45.6 Å². The number of amides is 1. The van der Waals surface area contributed by atoms with Crippen molar-refractivity contribution < 1.29 is 14.6 Å². The molecule has 1 fully saturated rings. The second kappa shape index (κ2) is 11.4. The molecule has 0 aliphatic carbocycles. The number of rotatable bonds is 7. The molecule has 5 rings (SSSR count). The Morgan fingerprint density at radius 1 is 1.24 bits per heavy atom. The number of benzene rings is 2. The van der Waals surface area contributed by atoms with E-state index in [4.69, 9.17) is 32.9 Å². The van der Waals surface area contributed by atoms with Gasteiger partial charge in [-0.05, 0) is 44.0 Å². The number of hydrogen-bond donors (Lipinski definition) is 2. The molecule has 1 amide bonds. The van der Waals surface area contributed by atoms with Gasteiger partial charge in [-0.1, -0.05) is 35.3 Å². The number of halogens is 2. The summed E-state index contributed by atoms with van der Waals surface area (Å²) >= 11 is 13.9. The summed E-state index contributed by atoms with van der Waals surface area (Å²) in [4.78, 5) is 19.8. The van der Waals surface area contributed by atoms with E-state index in [9.17, 15) is 9.90 Å². The summed E-state index contributed by atoms with van der Waals surface area (Å²) in [6.07, 6.45) is 2.79. The Morgan fingerprint density at radius 3 is 2.84 bits per heavy atom. The molecule has 2 N–H and O–H groups in total. The number of thiazole rings is 1. The van der Waals surface area contributed by atoms with Gasteiger partial charge in [-0.15, -0.1) is 11.3 Å². The molecule has 4 aromatic rings. The fourth-order valence-corrected chi connectivity index (χ4v) is 5.74. The highest BCUT2D eigenvalue weighted by atomic mass is 35.5. The number of aromatic nitrogens is 2. The highest BCUT2D eigenvalue weighted by molar-refractivity contribution is 7.13. The van der Waals surface area contributed by atoms with Crippen molar-refractivity contribution >= 4 is 57.2 Å². The van der Waals surface area contributed by atoms with Crippen molar-refractivity contribution in [3.8, 4) is 10.6 Å². The maximum absolute atomic E-state index is 12.6. The largest absolute Gasteiger partial charge is 0.444 e. The van der Waals surface area contributed by atoms with E-state index in [0.29, 0.717) is 21.3 Å². The van der Waals surface area contributed by atoms with Crippen LogP contribution in [-0.4, -0.2) is 44.8 Å². The standard InChI is InChI=1S/C27H28Cl2N4O3S/c1-2-33-14-23(31-27(35)36-15-18-4-3-5-22(28)25(18)29)21-12-17(6-7-24(21)33)26-30-19(16-37-26)13-32-10-8-20(34)9-11-32/h3-7,12,14,16,20,34H,2,8-11,13,15H2,1H3,(H,31,35). The predicted molar refractivity (Wildman–Crippen MR) is 150 cm³/mol. The summed E-state index contributed by atoms with van der Waals surface area (Å²) in [6.45, 7) is 5.39. The summed E-state index contributed by atoms with van der Waals surface area (Å²) in [5.41, 5.74) is 4.36. The number of aliphatic hydroxyl groups is 1. The molecule has 2 aromatic carbocycles. The first kappa shape index (κ1) is 26.0. The summed E-state index contributed by atoms with van der Waals surface area (Å²) in [5.74, 6) is 0. The van der Waals surface area contributed by atoms with Gasteiger partial charge in [-0.25, -0.2) is 9.78 Å². The molecule has 0 radical (unpaired) electrons. The Balaban J connectivity index is 1.32. The quantitative estimate of drug-likeness (QED) is 0.261. The molecule has 2 aromatic heterocycles. The number of fused-ring (bicyclic) bond motifs is 1. The Hall–Kier alpha value is -2.62. The summed E-state index contributed by atoms with van der Waals surface area (Å²) in [5, 5.41) is 17.4. The van der Waals surface area contributed by atoms with Gasteiger partial charge in [0.05, 0.1) is 33.0 Å². The lowest BCUT2D eigenvalue weighted by Gasteiger charge is -2.28. The SMILES string of the molecule is CCn1cc(NC(=O)OCc2cccc(Cl)c2Cl)c2cc(-c3nc(CN4CCC(O)CC4)cs3)ccc21. The Morgan fingerprint density at radius 2 is 2.05 bits per heavy atom. The first-order valence-electron chi connectivity index (χ1n) is 12.3. The fraction of sp³-hybridized carbons (Fsp3) is 0.333. The molecular weight excluding hydrogens is 531 g/mol. The van der Waals surface area contributed by atoms with E-state index in [1.807, 2.05) is 6.20 Å². The van der Waals surface area contributed by atoms with Gasteiger partial charge in [0.1, 0.15) is 11.6 Å². The highest BCUT2D eigenvalue weighted by Gasteiger charge is 2.19. The third-order valence-electron chi connectivity index (χ3n) is 6.59. The third kappa shape index (κ3) is 5.94. The maximum atomic E-state index is 12.6. The van der Waals surface area contributed by atoms with Gasteiger partial charge in [0.2, 0.25) is 0 Å². The van der Waals surface area contributed by atoms with E-state index in [1.165, 1.54) is 0 Å². The smallest absolute Gasteiger partial charge is 0.412 e. The van der Waals surface area contributed by atoms with Gasteiger partial charge in [0.25, 0.3) is 0 Å². The van der Waals surface area contributed by atoms with Crippen LogP contribution in [-0.2, 0) is 24.4 Å². The fourth-order valence-electron chi connectivity index (χ4n) is 4.56. The van der Waals surface area contributed by atoms with E-state index < -0.39 is 6.09 Å². The Labute approximate surface area is 229 Å². The molecule has 0 saturated carbocycles. The lowest BCUT2D eigenvalue weighted by molar-refractivity contribution is 0.0787. The number of anilines is 1. The second-order valence-electron chi connectivity index (χ2n) is 9.13. The van der Waals surface area contributed by atoms with Crippen molar-refractivity contribution in [2.75, 3.05) is 18.4 Å². The van der Waals surface area contributed by atoms with Gasteiger partial charge in [-0.2, -0.15) is 0 Å².